The molecule has 5 nitrogen and oxygen atoms in total. The average molecular weight is 347 g/mol. The number of nitrogens with zero attached hydrogens (tertiary/aromatic N) is 2. The minimum absolute atomic E-state index is 0.280. The predicted octanol–water partition coefficient (Wildman–Crippen LogP) is 2.25. The molecule has 7 heteroatoms. The molecule has 2 atom stereocenters. The minimum atomic E-state index is -3.59. The molecular formula is C15H23ClN2O3S. The fourth-order valence-electron chi connectivity index (χ4n) is 2.81. The second-order valence-electron chi connectivity index (χ2n) is 5.80. The van der Waals surface area contributed by atoms with Crippen molar-refractivity contribution in [3.63, 3.8) is 0 Å². The number of aliphatic hydroxyl groups is 1. The molecule has 0 bridgehead atoms. The largest absolute Gasteiger partial charge is 0.392 e. The maximum atomic E-state index is 12.8. The monoisotopic (exact) mass is 346 g/mol. The van der Waals surface area contributed by atoms with Crippen LogP contribution < -0.4 is 0 Å². The SMILES string of the molecule is C[C@H](O)[C@H]1CCCCN1S(=O)(=O)N(C)Cc1ccc(Cl)cc1. The van der Waals surface area contributed by atoms with Crippen molar-refractivity contribution in [1.82, 2.24) is 8.61 Å². The van der Waals surface area contributed by atoms with Crippen molar-refractivity contribution < 1.29 is 13.5 Å². The van der Waals surface area contributed by atoms with Crippen molar-refractivity contribution in [1.29, 1.82) is 0 Å². The van der Waals surface area contributed by atoms with E-state index in [-0.39, 0.29) is 12.6 Å². The van der Waals surface area contributed by atoms with Crippen LogP contribution in [0.2, 0.25) is 5.02 Å². The van der Waals surface area contributed by atoms with Crippen molar-refractivity contribution in [3.05, 3.63) is 34.9 Å². The van der Waals surface area contributed by atoms with Gasteiger partial charge in [-0.25, -0.2) is 0 Å². The van der Waals surface area contributed by atoms with Crippen molar-refractivity contribution in [2.24, 2.45) is 0 Å². The highest BCUT2D eigenvalue weighted by Crippen LogP contribution is 2.25. The molecule has 1 N–H and O–H groups in total. The first-order valence-corrected chi connectivity index (χ1v) is 9.25. The molecule has 0 saturated carbocycles. The summed E-state index contributed by atoms with van der Waals surface area (Å²) < 4.78 is 28.3. The third kappa shape index (κ3) is 4.00. The molecule has 0 unspecified atom stereocenters. The van der Waals surface area contributed by atoms with E-state index in [4.69, 9.17) is 11.6 Å². The molecule has 1 fully saturated rings. The molecule has 1 aliphatic heterocycles. The van der Waals surface area contributed by atoms with Gasteiger partial charge < -0.3 is 5.11 Å². The van der Waals surface area contributed by atoms with E-state index >= 15 is 0 Å². The van der Waals surface area contributed by atoms with Crippen molar-refractivity contribution in [2.75, 3.05) is 13.6 Å². The molecule has 0 radical (unpaired) electrons. The van der Waals surface area contributed by atoms with Crippen LogP contribution in [-0.2, 0) is 16.8 Å². The molecule has 0 amide bonds. The van der Waals surface area contributed by atoms with Gasteiger partial charge in [0.1, 0.15) is 0 Å². The Morgan fingerprint density at radius 3 is 2.59 bits per heavy atom. The van der Waals surface area contributed by atoms with Crippen LogP contribution >= 0.6 is 11.6 Å². The number of hydrogen-bond acceptors (Lipinski definition) is 3. The van der Waals surface area contributed by atoms with Crippen LogP contribution in [0.1, 0.15) is 31.7 Å². The smallest absolute Gasteiger partial charge is 0.282 e. The Kier molecular flexibility index (Phi) is 5.85. The number of aliphatic hydroxyl groups excluding tert-OH is 1. The fourth-order valence-corrected chi connectivity index (χ4v) is 4.59. The number of halogens is 1. The van der Waals surface area contributed by atoms with Gasteiger partial charge in [0.15, 0.2) is 0 Å². The molecule has 1 aromatic carbocycles. The quantitative estimate of drug-likeness (QED) is 0.889. The molecule has 1 aromatic rings. The molecule has 1 aliphatic rings. The molecule has 124 valence electrons. The molecule has 2 rings (SSSR count). The Morgan fingerprint density at radius 1 is 1.36 bits per heavy atom. The van der Waals surface area contributed by atoms with E-state index in [9.17, 15) is 13.5 Å². The maximum Gasteiger partial charge on any atom is 0.282 e. The summed E-state index contributed by atoms with van der Waals surface area (Å²) in [6.45, 7) is 2.39. The number of hydrogen-bond donors (Lipinski definition) is 1. The first kappa shape index (κ1) is 17.7. The van der Waals surface area contributed by atoms with Gasteiger partial charge in [-0.2, -0.15) is 17.0 Å². The van der Waals surface area contributed by atoms with Gasteiger partial charge in [0.25, 0.3) is 10.2 Å². The Labute approximate surface area is 137 Å². The lowest BCUT2D eigenvalue weighted by atomic mass is 10.0. The number of rotatable bonds is 5. The lowest BCUT2D eigenvalue weighted by molar-refractivity contribution is 0.0796. The van der Waals surface area contributed by atoms with Crippen molar-refractivity contribution in [3.8, 4) is 0 Å². The van der Waals surface area contributed by atoms with Crippen LogP contribution in [0.5, 0.6) is 0 Å². The van der Waals surface area contributed by atoms with E-state index in [1.165, 1.54) is 8.61 Å². The summed E-state index contributed by atoms with van der Waals surface area (Å²) in [5, 5.41) is 10.5. The second-order valence-corrected chi connectivity index (χ2v) is 8.23. The zero-order valence-electron chi connectivity index (χ0n) is 12.9. The zero-order chi connectivity index (χ0) is 16.3. The van der Waals surface area contributed by atoms with Gasteiger partial charge in [-0.3, -0.25) is 0 Å². The summed E-state index contributed by atoms with van der Waals surface area (Å²) in [4.78, 5) is 0. The van der Waals surface area contributed by atoms with Gasteiger partial charge in [-0.15, -0.1) is 0 Å². The Hall–Kier alpha value is -0.660. The Bertz CT molecular complexity index is 589. The van der Waals surface area contributed by atoms with E-state index in [0.717, 1.165) is 18.4 Å². The Morgan fingerprint density at radius 2 is 2.00 bits per heavy atom. The summed E-state index contributed by atoms with van der Waals surface area (Å²) >= 11 is 5.85. The van der Waals surface area contributed by atoms with Crippen LogP contribution in [0.4, 0.5) is 0 Å². The maximum absolute atomic E-state index is 12.8. The minimum Gasteiger partial charge on any atom is -0.392 e. The van der Waals surface area contributed by atoms with Gasteiger partial charge in [-0.05, 0) is 37.5 Å². The average Bonchev–Trinajstić information content (AvgIpc) is 2.49. The highest BCUT2D eigenvalue weighted by molar-refractivity contribution is 7.86. The molecule has 22 heavy (non-hydrogen) atoms. The predicted molar refractivity (Wildman–Crippen MR) is 87.9 cm³/mol. The second kappa shape index (κ2) is 7.27. The van der Waals surface area contributed by atoms with Crippen LogP contribution in [0.3, 0.4) is 0 Å². The standard InChI is InChI=1S/C15H23ClN2O3S/c1-12(19)15-5-3-4-10-18(15)22(20,21)17(2)11-13-6-8-14(16)9-7-13/h6-9,12,15,19H,3-5,10-11H2,1-2H3/t12-,15+/m0/s1. The number of piperidine rings is 1. The van der Waals surface area contributed by atoms with Crippen molar-refractivity contribution in [2.45, 2.75) is 44.9 Å². The first-order valence-electron chi connectivity index (χ1n) is 7.48. The van der Waals surface area contributed by atoms with Gasteiger partial charge >= 0.3 is 0 Å². The Balaban J connectivity index is 2.15. The van der Waals surface area contributed by atoms with E-state index < -0.39 is 16.3 Å². The molecular weight excluding hydrogens is 324 g/mol. The van der Waals surface area contributed by atoms with E-state index in [0.29, 0.717) is 18.0 Å². The van der Waals surface area contributed by atoms with Crippen molar-refractivity contribution >= 4 is 21.8 Å². The van der Waals surface area contributed by atoms with Gasteiger partial charge in [0.2, 0.25) is 0 Å². The van der Waals surface area contributed by atoms with Crippen LogP contribution in [0.25, 0.3) is 0 Å². The molecule has 0 aromatic heterocycles. The van der Waals surface area contributed by atoms with Crippen LogP contribution in [-0.4, -0.2) is 47.9 Å². The molecule has 0 spiro atoms. The van der Waals surface area contributed by atoms with E-state index in [2.05, 4.69) is 0 Å². The summed E-state index contributed by atoms with van der Waals surface area (Å²) in [5.74, 6) is 0. The van der Waals surface area contributed by atoms with E-state index in [1.807, 2.05) is 12.1 Å². The van der Waals surface area contributed by atoms with E-state index in [1.54, 1.807) is 26.1 Å². The molecule has 1 heterocycles. The van der Waals surface area contributed by atoms with Gasteiger partial charge in [0, 0.05) is 25.2 Å². The first-order chi connectivity index (χ1) is 10.3. The highest BCUT2D eigenvalue weighted by atomic mass is 35.5. The van der Waals surface area contributed by atoms with Gasteiger partial charge in [-0.1, -0.05) is 30.2 Å². The lowest BCUT2D eigenvalue weighted by Crippen LogP contribution is -2.53. The molecule has 1 saturated heterocycles. The third-order valence-electron chi connectivity index (χ3n) is 4.06. The third-order valence-corrected chi connectivity index (χ3v) is 6.28. The zero-order valence-corrected chi connectivity index (χ0v) is 14.5. The number of benzene rings is 1. The summed E-state index contributed by atoms with van der Waals surface area (Å²) in [7, 11) is -2.02. The van der Waals surface area contributed by atoms with Gasteiger partial charge in [0.05, 0.1) is 12.1 Å². The topological polar surface area (TPSA) is 60.9 Å². The lowest BCUT2D eigenvalue weighted by Gasteiger charge is -2.38. The fraction of sp³-hybridized carbons (Fsp3) is 0.600. The summed E-state index contributed by atoms with van der Waals surface area (Å²) in [6, 6.07) is 6.78. The highest BCUT2D eigenvalue weighted by Gasteiger charge is 2.37. The van der Waals surface area contributed by atoms with Crippen LogP contribution in [0, 0.1) is 0 Å². The van der Waals surface area contributed by atoms with Crippen LogP contribution in [0.15, 0.2) is 24.3 Å². The normalized spacial score (nSPS) is 22.0. The molecule has 0 aliphatic carbocycles. The summed E-state index contributed by atoms with van der Waals surface area (Å²) in [6.07, 6.45) is 1.81. The summed E-state index contributed by atoms with van der Waals surface area (Å²) in [5.41, 5.74) is 0.876.